The van der Waals surface area contributed by atoms with E-state index in [9.17, 15) is 4.79 Å². The van der Waals surface area contributed by atoms with Crippen LogP contribution in [0.4, 0.5) is 0 Å². The average molecular weight is 202 g/mol. The van der Waals surface area contributed by atoms with Crippen molar-refractivity contribution in [3.8, 4) is 0 Å². The van der Waals surface area contributed by atoms with Gasteiger partial charge in [0, 0.05) is 11.5 Å². The maximum atomic E-state index is 12.0. The summed E-state index contributed by atoms with van der Waals surface area (Å²) < 4.78 is 0. The summed E-state index contributed by atoms with van der Waals surface area (Å²) in [6, 6.07) is 6.40. The van der Waals surface area contributed by atoms with Crippen molar-refractivity contribution in [1.29, 1.82) is 0 Å². The fourth-order valence-electron chi connectivity index (χ4n) is 2.63. The van der Waals surface area contributed by atoms with Crippen LogP contribution in [0.25, 0.3) is 0 Å². The van der Waals surface area contributed by atoms with Crippen LogP contribution in [-0.2, 0) is 6.42 Å². The number of benzene rings is 1. The lowest BCUT2D eigenvalue weighted by Gasteiger charge is -2.12. The summed E-state index contributed by atoms with van der Waals surface area (Å²) in [5.74, 6) is 0.961. The van der Waals surface area contributed by atoms with Crippen LogP contribution >= 0.6 is 0 Å². The Labute approximate surface area is 91.5 Å². The molecule has 1 aliphatic carbocycles. The molecule has 1 heteroatoms. The second-order valence-corrected chi connectivity index (χ2v) is 4.44. The quantitative estimate of drug-likeness (QED) is 0.716. The third-order valence-corrected chi connectivity index (χ3v) is 3.65. The number of fused-ring (bicyclic) bond motifs is 1. The van der Waals surface area contributed by atoms with Gasteiger partial charge in [-0.05, 0) is 36.0 Å². The zero-order chi connectivity index (χ0) is 11.0. The van der Waals surface area contributed by atoms with Crippen molar-refractivity contribution >= 4 is 5.78 Å². The summed E-state index contributed by atoms with van der Waals surface area (Å²) in [7, 11) is 0. The van der Waals surface area contributed by atoms with E-state index in [2.05, 4.69) is 39.0 Å². The van der Waals surface area contributed by atoms with Gasteiger partial charge in [0.15, 0.2) is 5.78 Å². The first-order valence-electron chi connectivity index (χ1n) is 5.86. The summed E-state index contributed by atoms with van der Waals surface area (Å²) in [6.07, 6.45) is 2.07. The maximum absolute atomic E-state index is 12.0. The Hall–Kier alpha value is -1.11. The van der Waals surface area contributed by atoms with Crippen LogP contribution in [0.1, 0.15) is 54.6 Å². The largest absolute Gasteiger partial charge is 0.294 e. The Morgan fingerprint density at radius 1 is 1.27 bits per heavy atom. The Morgan fingerprint density at radius 3 is 2.60 bits per heavy atom. The first-order chi connectivity index (χ1) is 7.19. The minimum Gasteiger partial charge on any atom is -0.294 e. The fraction of sp³-hybridized carbons (Fsp3) is 0.500. The SMILES string of the molecule is CCc1ccc2c(c1)C(=O)C(C)C2CC. The van der Waals surface area contributed by atoms with Crippen LogP contribution < -0.4 is 0 Å². The lowest BCUT2D eigenvalue weighted by molar-refractivity contribution is 0.0933. The number of Topliss-reactive ketones (excluding diaryl/α,β-unsaturated/α-hetero) is 1. The Morgan fingerprint density at radius 2 is 2.00 bits per heavy atom. The predicted molar refractivity (Wildman–Crippen MR) is 62.3 cm³/mol. The number of ketones is 1. The molecule has 1 aliphatic rings. The van der Waals surface area contributed by atoms with E-state index in [0.717, 1.165) is 18.4 Å². The molecule has 0 radical (unpaired) electrons. The Kier molecular flexibility index (Phi) is 2.64. The highest BCUT2D eigenvalue weighted by Gasteiger charge is 2.35. The van der Waals surface area contributed by atoms with Crippen LogP contribution in [0.3, 0.4) is 0 Å². The number of aryl methyl sites for hydroxylation is 1. The maximum Gasteiger partial charge on any atom is 0.166 e. The molecule has 1 nitrogen and oxygen atoms in total. The van der Waals surface area contributed by atoms with Crippen molar-refractivity contribution < 1.29 is 4.79 Å². The van der Waals surface area contributed by atoms with Gasteiger partial charge in [-0.15, -0.1) is 0 Å². The van der Waals surface area contributed by atoms with Crippen LogP contribution in [0.2, 0.25) is 0 Å². The van der Waals surface area contributed by atoms with Crippen LogP contribution in [0.5, 0.6) is 0 Å². The molecule has 2 atom stereocenters. The third kappa shape index (κ3) is 1.50. The summed E-state index contributed by atoms with van der Waals surface area (Å²) in [5.41, 5.74) is 3.52. The first-order valence-corrected chi connectivity index (χ1v) is 5.86. The monoisotopic (exact) mass is 202 g/mol. The van der Waals surface area contributed by atoms with E-state index in [0.29, 0.717) is 11.7 Å². The number of hydrogen-bond acceptors (Lipinski definition) is 1. The molecule has 0 saturated carbocycles. The average Bonchev–Trinajstić information content (AvgIpc) is 2.51. The zero-order valence-corrected chi connectivity index (χ0v) is 9.71. The van der Waals surface area contributed by atoms with E-state index in [1.807, 2.05) is 0 Å². The molecule has 0 aromatic heterocycles. The second kappa shape index (κ2) is 3.80. The van der Waals surface area contributed by atoms with Gasteiger partial charge in [0.1, 0.15) is 0 Å². The van der Waals surface area contributed by atoms with Crippen LogP contribution in [0.15, 0.2) is 18.2 Å². The molecule has 0 aliphatic heterocycles. The van der Waals surface area contributed by atoms with Crippen LogP contribution in [-0.4, -0.2) is 5.78 Å². The lowest BCUT2D eigenvalue weighted by Crippen LogP contribution is -2.08. The minimum atomic E-state index is 0.178. The van der Waals surface area contributed by atoms with Gasteiger partial charge in [-0.25, -0.2) is 0 Å². The molecule has 0 saturated heterocycles. The lowest BCUT2D eigenvalue weighted by atomic mass is 9.91. The molecule has 80 valence electrons. The number of carbonyl (C=O) groups is 1. The van der Waals surface area contributed by atoms with Crippen molar-refractivity contribution in [2.75, 3.05) is 0 Å². The number of rotatable bonds is 2. The van der Waals surface area contributed by atoms with E-state index in [-0.39, 0.29) is 5.92 Å². The highest BCUT2D eigenvalue weighted by molar-refractivity contribution is 6.03. The summed E-state index contributed by atoms with van der Waals surface area (Å²) in [5, 5.41) is 0. The minimum absolute atomic E-state index is 0.178. The van der Waals surface area contributed by atoms with Gasteiger partial charge in [-0.3, -0.25) is 4.79 Å². The molecule has 1 aromatic carbocycles. The number of carbonyl (C=O) groups excluding carboxylic acids is 1. The van der Waals surface area contributed by atoms with Gasteiger partial charge in [-0.1, -0.05) is 32.9 Å². The molecule has 0 spiro atoms. The van der Waals surface area contributed by atoms with Crippen molar-refractivity contribution in [3.05, 3.63) is 34.9 Å². The highest BCUT2D eigenvalue weighted by atomic mass is 16.1. The van der Waals surface area contributed by atoms with Gasteiger partial charge in [0.05, 0.1) is 0 Å². The second-order valence-electron chi connectivity index (χ2n) is 4.44. The summed E-state index contributed by atoms with van der Waals surface area (Å²) in [4.78, 5) is 12.0. The molecule has 0 bridgehead atoms. The fourth-order valence-corrected chi connectivity index (χ4v) is 2.63. The van der Waals surface area contributed by atoms with Gasteiger partial charge in [0.2, 0.25) is 0 Å². The molecule has 0 N–H and O–H groups in total. The highest BCUT2D eigenvalue weighted by Crippen LogP contribution is 2.39. The van der Waals surface area contributed by atoms with Crippen molar-refractivity contribution in [3.63, 3.8) is 0 Å². The molecular weight excluding hydrogens is 184 g/mol. The van der Waals surface area contributed by atoms with E-state index in [4.69, 9.17) is 0 Å². The first kappa shape index (κ1) is 10.4. The van der Waals surface area contributed by atoms with Crippen molar-refractivity contribution in [2.45, 2.75) is 39.5 Å². The van der Waals surface area contributed by atoms with Gasteiger partial charge < -0.3 is 0 Å². The molecule has 2 unspecified atom stereocenters. The molecule has 0 amide bonds. The summed E-state index contributed by atoms with van der Waals surface area (Å²) in [6.45, 7) is 6.35. The summed E-state index contributed by atoms with van der Waals surface area (Å²) >= 11 is 0. The predicted octanol–water partition coefficient (Wildman–Crippen LogP) is 3.58. The standard InChI is InChI=1S/C14H18O/c1-4-10-6-7-12-11(5-2)9(3)14(15)13(12)8-10/h6-9,11H,4-5H2,1-3H3. The Bertz CT molecular complexity index is 392. The van der Waals surface area contributed by atoms with Crippen molar-refractivity contribution in [1.82, 2.24) is 0 Å². The normalized spacial score (nSPS) is 24.3. The van der Waals surface area contributed by atoms with Gasteiger partial charge >= 0.3 is 0 Å². The van der Waals surface area contributed by atoms with Gasteiger partial charge in [-0.2, -0.15) is 0 Å². The van der Waals surface area contributed by atoms with Gasteiger partial charge in [0.25, 0.3) is 0 Å². The molecule has 0 heterocycles. The third-order valence-electron chi connectivity index (χ3n) is 3.65. The Balaban J connectivity index is 2.50. The molecule has 2 rings (SSSR count). The van der Waals surface area contributed by atoms with E-state index < -0.39 is 0 Å². The van der Waals surface area contributed by atoms with Crippen molar-refractivity contribution in [2.24, 2.45) is 5.92 Å². The van der Waals surface area contributed by atoms with E-state index >= 15 is 0 Å². The van der Waals surface area contributed by atoms with E-state index in [1.165, 1.54) is 11.1 Å². The zero-order valence-electron chi connectivity index (χ0n) is 9.71. The smallest absolute Gasteiger partial charge is 0.166 e. The van der Waals surface area contributed by atoms with Crippen LogP contribution in [0, 0.1) is 5.92 Å². The number of hydrogen-bond donors (Lipinski definition) is 0. The molecule has 1 aromatic rings. The van der Waals surface area contributed by atoms with E-state index in [1.54, 1.807) is 0 Å². The molecule has 15 heavy (non-hydrogen) atoms. The molecular formula is C14H18O. The topological polar surface area (TPSA) is 17.1 Å². The molecule has 0 fully saturated rings.